The highest BCUT2D eigenvalue weighted by Crippen LogP contribution is 2.23. The molecule has 0 aliphatic carbocycles. The van der Waals surface area contributed by atoms with Crippen LogP contribution in [0.5, 0.6) is 0 Å². The van der Waals surface area contributed by atoms with E-state index in [9.17, 15) is 25.2 Å². The van der Waals surface area contributed by atoms with Gasteiger partial charge in [-0.2, -0.15) is 0 Å². The molecule has 6 atom stereocenters. The summed E-state index contributed by atoms with van der Waals surface area (Å²) in [5, 5.41) is 40.3. The van der Waals surface area contributed by atoms with Crippen LogP contribution in [0.25, 0.3) is 0 Å². The highest BCUT2D eigenvalue weighted by atomic mass is 16.7. The molecule has 1 saturated heterocycles. The molecule has 1 rings (SSSR count). The maximum atomic E-state index is 12.9. The SMILES string of the molecule is CC/C=C\C/C=C\C/C=C\C/C=C\C/C=C\C/C=C\CCCCCCC(=O)OC(COCCCCCCCCCCCCCC/C=C\C/C=C\CCCCCCC)COC1OC(CO)C(O)C(O)C1O. The number of hydrogen-bond acceptors (Lipinski definition) is 9. The van der Waals surface area contributed by atoms with E-state index in [0.29, 0.717) is 6.61 Å². The summed E-state index contributed by atoms with van der Waals surface area (Å²) in [6.45, 7) is 4.40. The first kappa shape index (κ1) is 65.1. The average Bonchev–Trinajstić information content (AvgIpc) is 3.36. The Labute approximate surface area is 428 Å². The number of allylic oxidation sites excluding steroid dienone is 16. The lowest BCUT2D eigenvalue weighted by Gasteiger charge is -2.39. The molecule has 6 unspecified atom stereocenters. The van der Waals surface area contributed by atoms with E-state index in [-0.39, 0.29) is 25.6 Å². The standard InChI is InChI=1S/C61H104O9/c1-3-5-7-9-11-13-15-17-19-21-23-25-27-29-31-33-35-37-39-41-43-45-47-49-51-67-53-55(54-68-61-60(66)59(65)58(64)56(52-62)70-61)69-57(63)50-48-46-44-42-40-38-36-34-32-30-28-26-24-22-20-18-16-14-12-10-8-6-4-2/h6,8,12,14-15,17-18,20-21,23-24,26,30,32,36,38,55-56,58-62,64-66H,3-5,7,9-11,13,16,19,22,25,27-29,31,33-35,37,39-54H2,1-2H3/b8-6-,14-12-,17-15-,20-18-,23-21-,26-24-,32-30-,38-36-. The van der Waals surface area contributed by atoms with Crippen molar-refractivity contribution < 1.29 is 44.2 Å². The summed E-state index contributed by atoms with van der Waals surface area (Å²) in [5.41, 5.74) is 0. The molecule has 9 nitrogen and oxygen atoms in total. The number of rotatable bonds is 48. The Bertz CT molecular complexity index is 1390. The molecule has 1 aliphatic heterocycles. The van der Waals surface area contributed by atoms with E-state index in [1.807, 2.05) is 0 Å². The fourth-order valence-electron chi connectivity index (χ4n) is 8.11. The van der Waals surface area contributed by atoms with Gasteiger partial charge in [-0.25, -0.2) is 0 Å². The Morgan fingerprint density at radius 2 is 0.871 bits per heavy atom. The van der Waals surface area contributed by atoms with Crippen molar-refractivity contribution >= 4 is 5.97 Å². The predicted octanol–water partition coefficient (Wildman–Crippen LogP) is 14.7. The van der Waals surface area contributed by atoms with Crippen molar-refractivity contribution in [3.8, 4) is 0 Å². The third-order valence-electron chi connectivity index (χ3n) is 12.5. The van der Waals surface area contributed by atoms with Gasteiger partial charge >= 0.3 is 5.97 Å². The molecule has 0 aromatic heterocycles. The van der Waals surface area contributed by atoms with E-state index >= 15 is 0 Å². The summed E-state index contributed by atoms with van der Waals surface area (Å²) in [6, 6.07) is 0. The molecule has 0 saturated carbocycles. The van der Waals surface area contributed by atoms with E-state index < -0.39 is 43.4 Å². The normalized spacial score (nSPS) is 19.7. The molecule has 0 bridgehead atoms. The molecule has 70 heavy (non-hydrogen) atoms. The largest absolute Gasteiger partial charge is 0.457 e. The van der Waals surface area contributed by atoms with Gasteiger partial charge in [0, 0.05) is 13.0 Å². The molecule has 1 aliphatic rings. The molecular formula is C61H104O9. The highest BCUT2D eigenvalue weighted by molar-refractivity contribution is 5.69. The zero-order valence-electron chi connectivity index (χ0n) is 44.5. The van der Waals surface area contributed by atoms with Crippen LogP contribution in [0, 0.1) is 0 Å². The lowest BCUT2D eigenvalue weighted by molar-refractivity contribution is -0.305. The van der Waals surface area contributed by atoms with Gasteiger partial charge < -0.3 is 39.4 Å². The number of carbonyl (C=O) groups excluding carboxylic acids is 1. The maximum Gasteiger partial charge on any atom is 0.306 e. The second-order valence-electron chi connectivity index (χ2n) is 19.0. The molecular weight excluding hydrogens is 877 g/mol. The van der Waals surface area contributed by atoms with Crippen molar-refractivity contribution in [2.75, 3.05) is 26.4 Å². The molecule has 0 aromatic rings. The first-order valence-corrected chi connectivity index (χ1v) is 28.3. The Hall–Kier alpha value is -2.89. The van der Waals surface area contributed by atoms with E-state index in [1.54, 1.807) is 0 Å². The summed E-state index contributed by atoms with van der Waals surface area (Å²) in [5.74, 6) is -0.340. The first-order valence-electron chi connectivity index (χ1n) is 28.3. The van der Waals surface area contributed by atoms with Gasteiger partial charge in [0.05, 0.1) is 19.8 Å². The zero-order valence-corrected chi connectivity index (χ0v) is 44.5. The minimum Gasteiger partial charge on any atom is -0.457 e. The van der Waals surface area contributed by atoms with Crippen LogP contribution in [-0.4, -0.2) is 89.6 Å². The maximum absolute atomic E-state index is 12.9. The second kappa shape index (κ2) is 51.0. The van der Waals surface area contributed by atoms with Crippen LogP contribution in [0.15, 0.2) is 97.2 Å². The zero-order chi connectivity index (χ0) is 50.6. The van der Waals surface area contributed by atoms with E-state index in [4.69, 9.17) is 18.9 Å². The van der Waals surface area contributed by atoms with Gasteiger partial charge in [0.15, 0.2) is 6.29 Å². The summed E-state index contributed by atoms with van der Waals surface area (Å²) in [6.07, 6.45) is 64.4. The van der Waals surface area contributed by atoms with Gasteiger partial charge in [-0.05, 0) is 96.3 Å². The van der Waals surface area contributed by atoms with Crippen LogP contribution in [0.2, 0.25) is 0 Å². The summed E-state index contributed by atoms with van der Waals surface area (Å²) in [4.78, 5) is 12.9. The van der Waals surface area contributed by atoms with Crippen LogP contribution < -0.4 is 0 Å². The number of hydrogen-bond donors (Lipinski definition) is 4. The smallest absolute Gasteiger partial charge is 0.306 e. The quantitative estimate of drug-likeness (QED) is 0.0267. The van der Waals surface area contributed by atoms with Crippen LogP contribution in [0.1, 0.15) is 219 Å². The number of unbranched alkanes of at least 4 members (excludes halogenated alkanes) is 21. The molecule has 0 amide bonds. The topological polar surface area (TPSA) is 135 Å². The highest BCUT2D eigenvalue weighted by Gasteiger charge is 2.44. The summed E-state index contributed by atoms with van der Waals surface area (Å²) < 4.78 is 22.9. The van der Waals surface area contributed by atoms with Crippen molar-refractivity contribution in [1.82, 2.24) is 0 Å². The summed E-state index contributed by atoms with van der Waals surface area (Å²) >= 11 is 0. The fraction of sp³-hybridized carbons (Fsp3) is 0.721. The van der Waals surface area contributed by atoms with Gasteiger partial charge in [-0.15, -0.1) is 0 Å². The second-order valence-corrected chi connectivity index (χ2v) is 19.0. The monoisotopic (exact) mass is 981 g/mol. The lowest BCUT2D eigenvalue weighted by Crippen LogP contribution is -2.59. The Kier molecular flexibility index (Phi) is 47.5. The number of aliphatic hydroxyl groups is 4. The molecule has 0 radical (unpaired) electrons. The van der Waals surface area contributed by atoms with Crippen LogP contribution in [-0.2, 0) is 23.7 Å². The van der Waals surface area contributed by atoms with E-state index in [0.717, 1.165) is 89.9 Å². The molecule has 0 spiro atoms. The van der Waals surface area contributed by atoms with Crippen molar-refractivity contribution in [2.45, 2.75) is 256 Å². The van der Waals surface area contributed by atoms with Crippen LogP contribution >= 0.6 is 0 Å². The van der Waals surface area contributed by atoms with Crippen molar-refractivity contribution in [2.24, 2.45) is 0 Å². The Morgan fingerprint density at radius 3 is 1.31 bits per heavy atom. The summed E-state index contributed by atoms with van der Waals surface area (Å²) in [7, 11) is 0. The van der Waals surface area contributed by atoms with Gasteiger partial charge in [-0.1, -0.05) is 214 Å². The average molecular weight is 981 g/mol. The minimum atomic E-state index is -1.55. The van der Waals surface area contributed by atoms with Crippen molar-refractivity contribution in [3.05, 3.63) is 97.2 Å². The molecule has 402 valence electrons. The van der Waals surface area contributed by atoms with Crippen molar-refractivity contribution in [1.29, 1.82) is 0 Å². The van der Waals surface area contributed by atoms with Gasteiger partial charge in [0.25, 0.3) is 0 Å². The molecule has 9 heteroatoms. The van der Waals surface area contributed by atoms with E-state index in [2.05, 4.69) is 111 Å². The fourth-order valence-corrected chi connectivity index (χ4v) is 8.11. The number of esters is 1. The third kappa shape index (κ3) is 40.7. The van der Waals surface area contributed by atoms with Gasteiger partial charge in [-0.3, -0.25) is 4.79 Å². The molecule has 1 fully saturated rings. The van der Waals surface area contributed by atoms with Crippen LogP contribution in [0.3, 0.4) is 0 Å². The number of ether oxygens (including phenoxy) is 4. The minimum absolute atomic E-state index is 0.128. The predicted molar refractivity (Wildman–Crippen MR) is 293 cm³/mol. The first-order chi connectivity index (χ1) is 34.4. The van der Waals surface area contributed by atoms with E-state index in [1.165, 1.54) is 109 Å². The lowest BCUT2D eigenvalue weighted by atomic mass is 9.99. The molecule has 1 heterocycles. The van der Waals surface area contributed by atoms with Crippen molar-refractivity contribution in [3.63, 3.8) is 0 Å². The molecule has 0 aromatic carbocycles. The van der Waals surface area contributed by atoms with Gasteiger partial charge in [0.2, 0.25) is 0 Å². The number of carbonyl (C=O) groups is 1. The van der Waals surface area contributed by atoms with Gasteiger partial charge in [0.1, 0.15) is 30.5 Å². The third-order valence-corrected chi connectivity index (χ3v) is 12.5. The Balaban J connectivity index is 2.20. The van der Waals surface area contributed by atoms with Crippen LogP contribution in [0.4, 0.5) is 0 Å². The Morgan fingerprint density at radius 1 is 0.471 bits per heavy atom. The molecule has 4 N–H and O–H groups in total. The number of aliphatic hydroxyl groups excluding tert-OH is 4.